The Bertz CT molecular complexity index is 971. The van der Waals surface area contributed by atoms with Gasteiger partial charge in [0, 0.05) is 50.3 Å². The summed E-state index contributed by atoms with van der Waals surface area (Å²) in [5, 5.41) is 7.02. The Hall–Kier alpha value is -2.97. The third-order valence-corrected chi connectivity index (χ3v) is 5.57. The smallest absolute Gasteiger partial charge is 0.329 e. The summed E-state index contributed by atoms with van der Waals surface area (Å²) in [6.45, 7) is 7.60. The van der Waals surface area contributed by atoms with E-state index >= 15 is 0 Å². The van der Waals surface area contributed by atoms with Crippen molar-refractivity contribution in [3.8, 4) is 0 Å². The molecule has 30 heavy (non-hydrogen) atoms. The maximum absolute atomic E-state index is 14.9. The summed E-state index contributed by atoms with van der Waals surface area (Å²) in [4.78, 5) is 37.5. The molecule has 0 radical (unpaired) electrons. The van der Waals surface area contributed by atoms with Crippen LogP contribution < -0.4 is 15.1 Å². The van der Waals surface area contributed by atoms with Gasteiger partial charge in [0.1, 0.15) is 11.6 Å². The van der Waals surface area contributed by atoms with Gasteiger partial charge >= 0.3 is 6.03 Å². The molecule has 2 fully saturated rings. The molecule has 1 saturated heterocycles. The van der Waals surface area contributed by atoms with Crippen LogP contribution in [0.4, 0.5) is 20.7 Å². The molecular formula is C21H28FN5O3. The number of nitrogens with zero attached hydrogens (tertiary/aromatic N) is 4. The summed E-state index contributed by atoms with van der Waals surface area (Å²) in [5.74, 6) is 0.194. The minimum absolute atomic E-state index is 0.0287. The van der Waals surface area contributed by atoms with Crippen LogP contribution in [0.15, 0.2) is 12.1 Å². The fourth-order valence-electron chi connectivity index (χ4n) is 4.29. The van der Waals surface area contributed by atoms with Crippen LogP contribution in [0, 0.1) is 11.2 Å². The summed E-state index contributed by atoms with van der Waals surface area (Å²) in [7, 11) is 1.73. The van der Waals surface area contributed by atoms with Crippen LogP contribution in [0.3, 0.4) is 0 Å². The molecule has 1 aromatic carbocycles. The lowest BCUT2D eigenvalue weighted by Crippen LogP contribution is -2.63. The predicted molar refractivity (Wildman–Crippen MR) is 113 cm³/mol. The van der Waals surface area contributed by atoms with E-state index in [1.165, 1.54) is 11.0 Å². The largest absolute Gasteiger partial charge is 0.368 e. The first kappa shape index (κ1) is 21.7. The van der Waals surface area contributed by atoms with Gasteiger partial charge in [-0.15, -0.1) is 0 Å². The lowest BCUT2D eigenvalue weighted by molar-refractivity contribution is -0.134. The first-order valence-electron chi connectivity index (χ1n) is 10.3. The topological polar surface area (TPSA) is 87.5 Å². The average Bonchev–Trinajstić information content (AvgIpc) is 2.98. The molecule has 3 amide bonds. The Balaban J connectivity index is 0.00000124. The molecule has 162 valence electrons. The van der Waals surface area contributed by atoms with Crippen molar-refractivity contribution in [3.05, 3.63) is 17.9 Å². The van der Waals surface area contributed by atoms with Gasteiger partial charge in [-0.3, -0.25) is 24.5 Å². The van der Waals surface area contributed by atoms with E-state index in [1.807, 2.05) is 25.7 Å². The Morgan fingerprint density at radius 3 is 2.57 bits per heavy atom. The lowest BCUT2D eigenvalue weighted by atomic mass is 9.62. The van der Waals surface area contributed by atoms with Gasteiger partial charge in [-0.25, -0.2) is 9.18 Å². The van der Waals surface area contributed by atoms with Crippen molar-refractivity contribution in [1.29, 1.82) is 0 Å². The zero-order chi connectivity index (χ0) is 22.1. The highest BCUT2D eigenvalue weighted by atomic mass is 19.1. The second-order valence-electron chi connectivity index (χ2n) is 7.74. The van der Waals surface area contributed by atoms with Crippen molar-refractivity contribution in [2.24, 2.45) is 12.5 Å². The van der Waals surface area contributed by atoms with Crippen molar-refractivity contribution in [3.63, 3.8) is 0 Å². The highest BCUT2D eigenvalue weighted by molar-refractivity contribution is 6.04. The molecule has 1 N–H and O–H groups in total. The molecule has 1 aromatic heterocycles. The fraction of sp³-hybridized carbons (Fsp3) is 0.524. The predicted octanol–water partition coefficient (Wildman–Crippen LogP) is 2.99. The van der Waals surface area contributed by atoms with Gasteiger partial charge in [0.05, 0.1) is 11.2 Å². The molecule has 2 aromatic rings. The highest BCUT2D eigenvalue weighted by Crippen LogP contribution is 2.48. The minimum Gasteiger partial charge on any atom is -0.368 e. The molecule has 2 aliphatic rings. The van der Waals surface area contributed by atoms with Crippen LogP contribution in [0.2, 0.25) is 0 Å². The van der Waals surface area contributed by atoms with E-state index in [2.05, 4.69) is 10.4 Å². The Morgan fingerprint density at radius 1 is 1.33 bits per heavy atom. The second kappa shape index (κ2) is 8.41. The number of carbonyl (C=O) groups is 3. The van der Waals surface area contributed by atoms with Crippen LogP contribution in [-0.4, -0.2) is 47.6 Å². The molecule has 0 bridgehead atoms. The molecule has 1 aliphatic heterocycles. The van der Waals surface area contributed by atoms with Crippen molar-refractivity contribution < 1.29 is 18.8 Å². The van der Waals surface area contributed by atoms with E-state index in [1.54, 1.807) is 17.8 Å². The standard InChI is InChI=1S/C19H22FN5O3.C2H6/c1-3-4-25(18(28)21-11-26)17-13-5-14(20)16(6-15(13)23(2)22-17)24-9-19(10-24)7-12(27)8-19;1-2/h5-6,11H,3-4,7-10H2,1-2H3,(H,21,26,28);1-2H3. The number of fused-ring (bicyclic) bond motifs is 1. The summed E-state index contributed by atoms with van der Waals surface area (Å²) in [6.07, 6.45) is 2.14. The van der Waals surface area contributed by atoms with Gasteiger partial charge in [0.15, 0.2) is 5.82 Å². The minimum atomic E-state index is -0.597. The second-order valence-corrected chi connectivity index (χ2v) is 7.74. The summed E-state index contributed by atoms with van der Waals surface area (Å²) >= 11 is 0. The molecule has 2 heterocycles. The monoisotopic (exact) mass is 417 g/mol. The number of Topliss-reactive ketones (excluding diaryl/α,β-unsaturated/α-hetero) is 1. The van der Waals surface area contributed by atoms with Crippen molar-refractivity contribution in [1.82, 2.24) is 15.1 Å². The van der Waals surface area contributed by atoms with Crippen LogP contribution in [0.1, 0.15) is 40.0 Å². The molecule has 9 heteroatoms. The molecule has 1 aliphatic carbocycles. The number of carbonyl (C=O) groups excluding carboxylic acids is 3. The zero-order valence-corrected chi connectivity index (χ0v) is 17.9. The highest BCUT2D eigenvalue weighted by Gasteiger charge is 2.52. The number of nitrogens with one attached hydrogen (secondary N) is 1. The van der Waals surface area contributed by atoms with Gasteiger partial charge in [-0.1, -0.05) is 20.8 Å². The Labute approximate surface area is 175 Å². The molecule has 8 nitrogen and oxygen atoms in total. The van der Waals surface area contributed by atoms with Crippen LogP contribution in [0.5, 0.6) is 0 Å². The molecule has 0 unspecified atom stereocenters. The van der Waals surface area contributed by atoms with Crippen LogP contribution in [-0.2, 0) is 16.6 Å². The van der Waals surface area contributed by atoms with Crippen molar-refractivity contribution in [2.45, 2.75) is 40.0 Å². The van der Waals surface area contributed by atoms with E-state index in [-0.39, 0.29) is 11.2 Å². The summed E-state index contributed by atoms with van der Waals surface area (Å²) in [5.41, 5.74) is 1.20. The number of hydrogen-bond donors (Lipinski definition) is 1. The number of aromatic nitrogens is 2. The SMILES string of the molecule is CC.CCCN(C(=O)NC=O)c1nn(C)c2cc(N3CC4(CC(=O)C4)C3)c(F)cc12. The maximum atomic E-state index is 14.9. The zero-order valence-electron chi connectivity index (χ0n) is 17.9. The van der Waals surface area contributed by atoms with Crippen molar-refractivity contribution >= 4 is 40.6 Å². The van der Waals surface area contributed by atoms with Gasteiger partial charge < -0.3 is 4.90 Å². The number of aryl methyl sites for hydroxylation is 1. The van der Waals surface area contributed by atoms with Crippen LogP contribution >= 0.6 is 0 Å². The number of halogens is 1. The third-order valence-electron chi connectivity index (χ3n) is 5.57. The molecular weight excluding hydrogens is 389 g/mol. The van der Waals surface area contributed by atoms with Crippen LogP contribution in [0.25, 0.3) is 10.9 Å². The first-order valence-corrected chi connectivity index (χ1v) is 10.3. The van der Waals surface area contributed by atoms with Crippen molar-refractivity contribution in [2.75, 3.05) is 29.4 Å². The fourth-order valence-corrected chi connectivity index (χ4v) is 4.29. The number of amides is 3. The van der Waals surface area contributed by atoms with E-state index in [0.717, 1.165) is 0 Å². The van der Waals surface area contributed by atoms with Gasteiger partial charge in [-0.05, 0) is 18.6 Å². The number of anilines is 2. The van der Waals surface area contributed by atoms with E-state index in [4.69, 9.17) is 0 Å². The Morgan fingerprint density at radius 2 is 2.00 bits per heavy atom. The maximum Gasteiger partial charge on any atom is 0.329 e. The van der Waals surface area contributed by atoms with E-state index in [0.29, 0.717) is 67.7 Å². The van der Waals surface area contributed by atoms with Gasteiger partial charge in [0.25, 0.3) is 0 Å². The molecule has 4 rings (SSSR count). The molecule has 1 spiro atoms. The number of ketones is 1. The summed E-state index contributed by atoms with van der Waals surface area (Å²) < 4.78 is 16.5. The van der Waals surface area contributed by atoms with Gasteiger partial charge in [0.2, 0.25) is 6.41 Å². The average molecular weight is 417 g/mol. The van der Waals surface area contributed by atoms with Gasteiger partial charge in [-0.2, -0.15) is 5.10 Å². The first-order chi connectivity index (χ1) is 14.4. The number of rotatable bonds is 5. The number of hydrogen-bond acceptors (Lipinski definition) is 5. The molecule has 0 atom stereocenters. The summed E-state index contributed by atoms with van der Waals surface area (Å²) in [6, 6.07) is 2.53. The Kier molecular flexibility index (Phi) is 6.09. The quantitative estimate of drug-likeness (QED) is 0.756. The number of urea groups is 1. The number of benzene rings is 1. The normalized spacial score (nSPS) is 16.4. The molecule has 1 saturated carbocycles. The third kappa shape index (κ3) is 3.64. The number of imide groups is 1. The van der Waals surface area contributed by atoms with E-state index in [9.17, 15) is 18.8 Å². The van der Waals surface area contributed by atoms with E-state index < -0.39 is 11.8 Å². The lowest BCUT2D eigenvalue weighted by Gasteiger charge is -2.55.